The molecular weight excluding hydrogens is 601 g/mol. The Morgan fingerprint density at radius 2 is 1.03 bits per heavy atom. The van der Waals surface area contributed by atoms with E-state index in [2.05, 4.69) is 135 Å². The van der Waals surface area contributed by atoms with Gasteiger partial charge in [0.1, 0.15) is 0 Å². The molecule has 1 aromatic heterocycles. The molecule has 1 nitrogen and oxygen atoms in total. The SMILES string of the molecule is C[Si](C)=[Zr+2].Cc1cc2c(-c3ccccc3)cccc2[cH-]1.Cc1cc2c(-c3ccncc3)cccc2[cH-]1.[Cl-].[Cl-]. The molecule has 6 aromatic rings. The summed E-state index contributed by atoms with van der Waals surface area (Å²) in [6, 6.07) is 36.6. The van der Waals surface area contributed by atoms with Crippen LogP contribution >= 0.6 is 0 Å². The first-order valence-electron chi connectivity index (χ1n) is 12.2. The van der Waals surface area contributed by atoms with Gasteiger partial charge in [0.25, 0.3) is 0 Å². The van der Waals surface area contributed by atoms with E-state index in [-0.39, 0.29) is 30.2 Å². The smallest absolute Gasteiger partial charge is 0.0273 e. The number of benzene rings is 3. The minimum atomic E-state index is 0. The van der Waals surface area contributed by atoms with Crippen LogP contribution in [-0.4, -0.2) is 10.4 Å². The number of pyridine rings is 1. The van der Waals surface area contributed by atoms with E-state index in [1.807, 2.05) is 12.4 Å². The molecule has 192 valence electrons. The van der Waals surface area contributed by atoms with Gasteiger partial charge in [-0.25, -0.2) is 0 Å². The Hall–Kier alpha value is -2.29. The van der Waals surface area contributed by atoms with Gasteiger partial charge in [0, 0.05) is 12.4 Å². The van der Waals surface area contributed by atoms with Crippen LogP contribution < -0.4 is 24.8 Å². The van der Waals surface area contributed by atoms with E-state index in [1.54, 1.807) is 23.3 Å². The second kappa shape index (κ2) is 15.3. The monoisotopic (exact) mass is 629 g/mol. The fraction of sp³-hybridized carbons (Fsp3) is 0.121. The van der Waals surface area contributed by atoms with Crippen LogP contribution in [0.4, 0.5) is 0 Å². The average molecular weight is 632 g/mol. The zero-order chi connectivity index (χ0) is 25.5. The summed E-state index contributed by atoms with van der Waals surface area (Å²) in [5.41, 5.74) is 7.99. The quantitative estimate of drug-likeness (QED) is 0.211. The van der Waals surface area contributed by atoms with Crippen molar-refractivity contribution in [3.05, 3.63) is 127 Å². The summed E-state index contributed by atoms with van der Waals surface area (Å²) in [5.74, 6) is 0. The van der Waals surface area contributed by atoms with Gasteiger partial charge < -0.3 is 24.8 Å². The topological polar surface area (TPSA) is 12.9 Å². The second-order valence-corrected chi connectivity index (χ2v) is 18.7. The predicted molar refractivity (Wildman–Crippen MR) is 155 cm³/mol. The summed E-state index contributed by atoms with van der Waals surface area (Å²) in [6.45, 7) is 8.90. The maximum atomic E-state index is 4.06. The first-order chi connectivity index (χ1) is 17.4. The fourth-order valence-electron chi connectivity index (χ4n) is 4.42. The molecule has 0 aliphatic carbocycles. The van der Waals surface area contributed by atoms with Gasteiger partial charge in [-0.1, -0.05) is 67.4 Å². The van der Waals surface area contributed by atoms with Crippen molar-refractivity contribution in [1.29, 1.82) is 0 Å². The summed E-state index contributed by atoms with van der Waals surface area (Å²) in [4.78, 5) is 4.06. The van der Waals surface area contributed by atoms with E-state index in [9.17, 15) is 0 Å². The van der Waals surface area contributed by atoms with Crippen LogP contribution in [0.1, 0.15) is 11.1 Å². The Balaban J connectivity index is 0.000000224. The summed E-state index contributed by atoms with van der Waals surface area (Å²) in [6.07, 6.45) is 3.67. The molecule has 0 fully saturated rings. The first kappa shape index (κ1) is 31.9. The molecule has 0 bridgehead atoms. The maximum absolute atomic E-state index is 4.06. The first-order valence-corrected chi connectivity index (χ1v) is 18.4. The number of fused-ring (bicyclic) bond motifs is 2. The molecule has 5 aromatic carbocycles. The Morgan fingerprint density at radius 1 is 0.605 bits per heavy atom. The largest absolute Gasteiger partial charge is 1.00 e. The van der Waals surface area contributed by atoms with Crippen molar-refractivity contribution in [2.45, 2.75) is 26.9 Å². The molecule has 1 heterocycles. The summed E-state index contributed by atoms with van der Waals surface area (Å²) < 4.78 is 0. The van der Waals surface area contributed by atoms with Crippen LogP contribution in [0.2, 0.25) is 13.1 Å². The van der Waals surface area contributed by atoms with Crippen molar-refractivity contribution >= 4 is 27.0 Å². The van der Waals surface area contributed by atoms with Crippen molar-refractivity contribution < 1.29 is 48.1 Å². The molecule has 0 aliphatic heterocycles. The van der Waals surface area contributed by atoms with Gasteiger partial charge in [-0.3, -0.25) is 4.98 Å². The number of aromatic nitrogens is 1. The van der Waals surface area contributed by atoms with E-state index in [4.69, 9.17) is 0 Å². The molecule has 0 saturated heterocycles. The molecule has 38 heavy (non-hydrogen) atoms. The second-order valence-electron chi connectivity index (χ2n) is 9.28. The van der Waals surface area contributed by atoms with E-state index in [0.29, 0.717) is 0 Å². The molecule has 6 rings (SSSR count). The Bertz CT molecular complexity index is 1470. The third-order valence-electron chi connectivity index (χ3n) is 5.87. The number of halogens is 2. The van der Waals surface area contributed by atoms with Gasteiger partial charge in [0.2, 0.25) is 0 Å². The number of hydrogen-bond acceptors (Lipinski definition) is 1. The van der Waals surface area contributed by atoms with Crippen LogP contribution in [0.15, 0.2) is 116 Å². The van der Waals surface area contributed by atoms with Gasteiger partial charge in [0.05, 0.1) is 0 Å². The standard InChI is InChI=1S/C16H13.C15H12N.C2H6Si.2ClH.Zr/c1-12-10-14-8-5-9-15(16(14)11-12)13-6-3-2-4-7-13;1-11-9-13-3-2-4-14(15(13)10-11)12-5-7-16-8-6-12;1-3-2;;;/h2-11H,1H3;2-10H,1H3;1-2H3;2*1H;/q2*-1;;;;+2/p-2. The molecule has 0 saturated carbocycles. The number of rotatable bonds is 2. The van der Waals surface area contributed by atoms with Crippen molar-refractivity contribution in [2.75, 3.05) is 0 Å². The predicted octanol–water partition coefficient (Wildman–Crippen LogP) is 3.26. The number of nitrogens with zero attached hydrogens (tertiary/aromatic N) is 1. The molecule has 0 radical (unpaired) electrons. The summed E-state index contributed by atoms with van der Waals surface area (Å²) >= 11 is 1.74. The van der Waals surface area contributed by atoms with Gasteiger partial charge >= 0.3 is 41.9 Å². The summed E-state index contributed by atoms with van der Waals surface area (Å²) in [5, 5.41) is 5.32. The number of aryl methyl sites for hydroxylation is 2. The van der Waals surface area contributed by atoms with E-state index in [0.717, 1.165) is 0 Å². The van der Waals surface area contributed by atoms with Gasteiger partial charge in [-0.05, 0) is 23.3 Å². The minimum absolute atomic E-state index is 0. The van der Waals surface area contributed by atoms with Crippen molar-refractivity contribution in [3.63, 3.8) is 0 Å². The van der Waals surface area contributed by atoms with Crippen LogP contribution in [-0.2, 0) is 23.3 Å². The van der Waals surface area contributed by atoms with Gasteiger partial charge in [-0.15, -0.1) is 69.1 Å². The molecule has 0 amide bonds. The van der Waals surface area contributed by atoms with Gasteiger partial charge in [-0.2, -0.15) is 12.1 Å². The Kier molecular flexibility index (Phi) is 12.9. The Morgan fingerprint density at radius 3 is 1.47 bits per heavy atom. The van der Waals surface area contributed by atoms with Crippen molar-refractivity contribution in [1.82, 2.24) is 4.98 Å². The molecule has 5 heteroatoms. The molecular formula is C33H31Cl2NSiZr-2. The zero-order valence-electron chi connectivity index (χ0n) is 22.2. The molecule has 0 spiro atoms. The zero-order valence-corrected chi connectivity index (χ0v) is 27.1. The van der Waals surface area contributed by atoms with Crippen LogP contribution in [0.3, 0.4) is 0 Å². The molecule has 0 aliphatic rings. The Labute approximate surface area is 254 Å². The summed E-state index contributed by atoms with van der Waals surface area (Å²) in [7, 11) is 0. The van der Waals surface area contributed by atoms with Crippen LogP contribution in [0.25, 0.3) is 43.8 Å². The molecule has 0 atom stereocenters. The molecule has 0 N–H and O–H groups in total. The van der Waals surface area contributed by atoms with E-state index < -0.39 is 0 Å². The van der Waals surface area contributed by atoms with E-state index in [1.165, 1.54) is 54.9 Å². The van der Waals surface area contributed by atoms with Gasteiger partial charge in [0.15, 0.2) is 0 Å². The third kappa shape index (κ3) is 8.35. The number of hydrogen-bond donors (Lipinski definition) is 0. The van der Waals surface area contributed by atoms with Crippen LogP contribution in [0.5, 0.6) is 0 Å². The van der Waals surface area contributed by atoms with Crippen LogP contribution in [0, 0.1) is 13.8 Å². The normalized spacial score (nSPS) is 9.84. The maximum Gasteiger partial charge on any atom is 0.0273 e. The third-order valence-corrected chi connectivity index (χ3v) is 5.87. The van der Waals surface area contributed by atoms with Crippen molar-refractivity contribution in [2.24, 2.45) is 0 Å². The van der Waals surface area contributed by atoms with E-state index >= 15 is 0 Å². The molecule has 0 unspecified atom stereocenters. The fourth-order valence-corrected chi connectivity index (χ4v) is 4.42. The minimum Gasteiger partial charge on any atom is -1.00 e. The van der Waals surface area contributed by atoms with Crippen molar-refractivity contribution in [3.8, 4) is 22.3 Å². The average Bonchev–Trinajstić information content (AvgIpc) is 3.45.